The van der Waals surface area contributed by atoms with Gasteiger partial charge in [0.05, 0.1) is 23.7 Å². The lowest BCUT2D eigenvalue weighted by molar-refractivity contribution is -0.130. The predicted molar refractivity (Wildman–Crippen MR) is 124 cm³/mol. The van der Waals surface area contributed by atoms with E-state index < -0.39 is 0 Å². The Bertz CT molecular complexity index is 1050. The summed E-state index contributed by atoms with van der Waals surface area (Å²) in [6.45, 7) is 9.55. The zero-order valence-electron chi connectivity index (χ0n) is 18.1. The second-order valence-corrected chi connectivity index (χ2v) is 9.20. The number of thiazole rings is 1. The van der Waals surface area contributed by atoms with Crippen molar-refractivity contribution in [3.05, 3.63) is 53.1 Å². The molecular weight excluding hydrogens is 394 g/mol. The van der Waals surface area contributed by atoms with Crippen LogP contribution in [-0.2, 0) is 11.2 Å². The molecule has 1 saturated heterocycles. The largest absolute Gasteiger partial charge is 0.496 e. The molecule has 158 valence electrons. The standard InChI is InChI=1S/C24H29N3O2S/c1-16(2)19-6-5-7-21-23(19)25-24(30-21)27-12-10-26(11-13-27)22(28)15-18-8-9-20(29-4)17(3)14-18/h5-9,14,16H,10-13,15H2,1-4H3. The zero-order chi connectivity index (χ0) is 21.3. The van der Waals surface area contributed by atoms with Crippen LogP contribution in [0.1, 0.15) is 36.5 Å². The molecule has 1 aliphatic rings. The number of carbonyl (C=O) groups excluding carboxylic acids is 1. The molecule has 1 fully saturated rings. The SMILES string of the molecule is COc1ccc(CC(=O)N2CCN(c3nc4c(C(C)C)cccc4s3)CC2)cc1C. The van der Waals surface area contributed by atoms with Gasteiger partial charge in [-0.25, -0.2) is 4.98 Å². The van der Waals surface area contributed by atoms with Crippen molar-refractivity contribution in [3.8, 4) is 5.75 Å². The summed E-state index contributed by atoms with van der Waals surface area (Å²) >= 11 is 1.75. The van der Waals surface area contributed by atoms with E-state index in [1.807, 2.05) is 30.0 Å². The number of amides is 1. The van der Waals surface area contributed by atoms with Gasteiger partial charge in [0.15, 0.2) is 5.13 Å². The summed E-state index contributed by atoms with van der Waals surface area (Å²) in [4.78, 5) is 22.0. The third-order valence-corrected chi connectivity index (χ3v) is 6.86. The van der Waals surface area contributed by atoms with E-state index in [-0.39, 0.29) is 5.91 Å². The smallest absolute Gasteiger partial charge is 0.227 e. The summed E-state index contributed by atoms with van der Waals surface area (Å²) in [6.07, 6.45) is 0.434. The number of hydrogen-bond acceptors (Lipinski definition) is 5. The molecule has 0 unspecified atom stereocenters. The van der Waals surface area contributed by atoms with Crippen LogP contribution in [0.15, 0.2) is 36.4 Å². The van der Waals surface area contributed by atoms with E-state index in [1.54, 1.807) is 18.4 Å². The number of hydrogen-bond donors (Lipinski definition) is 0. The molecule has 0 radical (unpaired) electrons. The molecule has 2 aromatic carbocycles. The number of rotatable bonds is 5. The van der Waals surface area contributed by atoms with E-state index in [0.29, 0.717) is 12.3 Å². The fourth-order valence-corrected chi connectivity index (χ4v) is 5.10. The summed E-state index contributed by atoms with van der Waals surface area (Å²) in [6, 6.07) is 12.4. The van der Waals surface area contributed by atoms with E-state index in [4.69, 9.17) is 9.72 Å². The van der Waals surface area contributed by atoms with E-state index in [9.17, 15) is 4.79 Å². The van der Waals surface area contributed by atoms with Gasteiger partial charge >= 0.3 is 0 Å². The van der Waals surface area contributed by atoms with Crippen molar-refractivity contribution in [1.29, 1.82) is 0 Å². The van der Waals surface area contributed by atoms with Crippen molar-refractivity contribution in [2.45, 2.75) is 33.1 Å². The highest BCUT2D eigenvalue weighted by molar-refractivity contribution is 7.22. The molecule has 5 nitrogen and oxygen atoms in total. The van der Waals surface area contributed by atoms with E-state index in [2.05, 4.69) is 36.9 Å². The van der Waals surface area contributed by atoms with Crippen LogP contribution in [0.4, 0.5) is 5.13 Å². The molecule has 1 amide bonds. The van der Waals surface area contributed by atoms with Crippen molar-refractivity contribution < 1.29 is 9.53 Å². The molecule has 0 N–H and O–H groups in total. The van der Waals surface area contributed by atoms with Crippen LogP contribution >= 0.6 is 11.3 Å². The molecular formula is C24H29N3O2S. The predicted octanol–water partition coefficient (Wildman–Crippen LogP) is 4.63. The lowest BCUT2D eigenvalue weighted by Crippen LogP contribution is -2.49. The Hall–Kier alpha value is -2.60. The molecule has 3 aromatic rings. The first-order valence-corrected chi connectivity index (χ1v) is 11.3. The van der Waals surface area contributed by atoms with Crippen LogP contribution in [-0.4, -0.2) is 49.1 Å². The Kier molecular flexibility index (Phi) is 5.95. The molecule has 2 heterocycles. The van der Waals surface area contributed by atoms with Crippen LogP contribution < -0.4 is 9.64 Å². The van der Waals surface area contributed by atoms with Gasteiger partial charge in [-0.15, -0.1) is 0 Å². The maximum Gasteiger partial charge on any atom is 0.227 e. The average molecular weight is 424 g/mol. The lowest BCUT2D eigenvalue weighted by Gasteiger charge is -2.34. The molecule has 0 aliphatic carbocycles. The maximum atomic E-state index is 12.8. The van der Waals surface area contributed by atoms with Crippen molar-refractivity contribution in [2.24, 2.45) is 0 Å². The minimum Gasteiger partial charge on any atom is -0.496 e. The van der Waals surface area contributed by atoms with Gasteiger partial charge < -0.3 is 14.5 Å². The number of aryl methyl sites for hydroxylation is 1. The number of benzene rings is 2. The fraction of sp³-hybridized carbons (Fsp3) is 0.417. The number of methoxy groups -OCH3 is 1. The van der Waals surface area contributed by atoms with Crippen LogP contribution in [0.3, 0.4) is 0 Å². The highest BCUT2D eigenvalue weighted by atomic mass is 32.1. The summed E-state index contributed by atoms with van der Waals surface area (Å²) in [5, 5.41) is 1.07. The van der Waals surface area contributed by atoms with Crippen LogP contribution in [0.5, 0.6) is 5.75 Å². The number of ether oxygens (including phenoxy) is 1. The third kappa shape index (κ3) is 4.15. The number of fused-ring (bicyclic) bond motifs is 1. The van der Waals surface area contributed by atoms with Crippen LogP contribution in [0.2, 0.25) is 0 Å². The maximum absolute atomic E-state index is 12.8. The number of aromatic nitrogens is 1. The Labute approximate surface area is 182 Å². The summed E-state index contributed by atoms with van der Waals surface area (Å²) < 4.78 is 6.55. The Morgan fingerprint density at radius 3 is 2.60 bits per heavy atom. The van der Waals surface area contributed by atoms with Gasteiger partial charge in [-0.3, -0.25) is 4.79 Å². The Balaban J connectivity index is 1.40. The highest BCUT2D eigenvalue weighted by Crippen LogP contribution is 2.33. The van der Waals surface area contributed by atoms with Gasteiger partial charge in [-0.2, -0.15) is 0 Å². The van der Waals surface area contributed by atoms with E-state index in [0.717, 1.165) is 53.7 Å². The van der Waals surface area contributed by atoms with E-state index >= 15 is 0 Å². The Morgan fingerprint density at radius 2 is 1.93 bits per heavy atom. The molecule has 0 bridgehead atoms. The van der Waals surface area contributed by atoms with Crippen molar-refractivity contribution in [2.75, 3.05) is 38.2 Å². The molecule has 0 saturated carbocycles. The summed E-state index contributed by atoms with van der Waals surface area (Å²) in [5.74, 6) is 1.50. The summed E-state index contributed by atoms with van der Waals surface area (Å²) in [5.41, 5.74) is 4.52. The van der Waals surface area contributed by atoms with Gasteiger partial charge in [0.25, 0.3) is 0 Å². The zero-order valence-corrected chi connectivity index (χ0v) is 19.0. The first-order chi connectivity index (χ1) is 14.5. The number of piperazine rings is 1. The minimum atomic E-state index is 0.186. The average Bonchev–Trinajstić information content (AvgIpc) is 3.18. The second-order valence-electron chi connectivity index (χ2n) is 8.19. The first-order valence-electron chi connectivity index (χ1n) is 10.5. The molecule has 4 rings (SSSR count). The molecule has 1 aliphatic heterocycles. The molecule has 0 spiro atoms. The van der Waals surface area contributed by atoms with Gasteiger partial charge in [-0.1, -0.05) is 49.4 Å². The minimum absolute atomic E-state index is 0.186. The monoisotopic (exact) mass is 423 g/mol. The molecule has 30 heavy (non-hydrogen) atoms. The fourth-order valence-electron chi connectivity index (χ4n) is 4.04. The van der Waals surface area contributed by atoms with Gasteiger partial charge in [0, 0.05) is 26.2 Å². The third-order valence-electron chi connectivity index (χ3n) is 5.78. The first kappa shape index (κ1) is 20.7. The quantitative estimate of drug-likeness (QED) is 0.600. The van der Waals surface area contributed by atoms with E-state index in [1.165, 1.54) is 10.3 Å². The van der Waals surface area contributed by atoms with Crippen molar-refractivity contribution in [1.82, 2.24) is 9.88 Å². The lowest BCUT2D eigenvalue weighted by atomic mass is 10.0. The van der Waals surface area contributed by atoms with Crippen LogP contribution in [0.25, 0.3) is 10.2 Å². The van der Waals surface area contributed by atoms with Gasteiger partial charge in [0.1, 0.15) is 5.75 Å². The topological polar surface area (TPSA) is 45.7 Å². The number of nitrogens with zero attached hydrogens (tertiary/aromatic N) is 3. The van der Waals surface area contributed by atoms with Gasteiger partial charge in [0.2, 0.25) is 5.91 Å². The molecule has 0 atom stereocenters. The highest BCUT2D eigenvalue weighted by Gasteiger charge is 2.24. The van der Waals surface area contributed by atoms with Crippen molar-refractivity contribution in [3.63, 3.8) is 0 Å². The number of anilines is 1. The second kappa shape index (κ2) is 8.64. The van der Waals surface area contributed by atoms with Crippen LogP contribution in [0, 0.1) is 6.92 Å². The normalized spacial score (nSPS) is 14.6. The summed E-state index contributed by atoms with van der Waals surface area (Å²) in [7, 11) is 1.67. The Morgan fingerprint density at radius 1 is 1.17 bits per heavy atom. The van der Waals surface area contributed by atoms with Crippen molar-refractivity contribution >= 4 is 32.6 Å². The van der Waals surface area contributed by atoms with Gasteiger partial charge in [-0.05, 0) is 41.7 Å². The number of para-hydroxylation sites is 1. The molecule has 1 aromatic heterocycles. The molecule has 6 heteroatoms. The number of carbonyl (C=O) groups is 1.